The lowest BCUT2D eigenvalue weighted by atomic mass is 10.1. The van der Waals surface area contributed by atoms with Crippen LogP contribution in [0.5, 0.6) is 0 Å². The van der Waals surface area contributed by atoms with Gasteiger partial charge < -0.3 is 20.4 Å². The zero-order valence-electron chi connectivity index (χ0n) is 20.0. The van der Waals surface area contributed by atoms with Crippen molar-refractivity contribution in [2.75, 3.05) is 48.3 Å². The molecule has 2 heterocycles. The minimum absolute atomic E-state index is 0.109. The van der Waals surface area contributed by atoms with Gasteiger partial charge in [0, 0.05) is 42.4 Å². The van der Waals surface area contributed by atoms with Crippen molar-refractivity contribution in [1.82, 2.24) is 4.90 Å². The maximum Gasteiger partial charge on any atom is 0.247 e. The molecule has 0 bridgehead atoms. The van der Waals surface area contributed by atoms with Crippen molar-refractivity contribution in [2.24, 2.45) is 0 Å². The molecule has 6 nitrogen and oxygen atoms in total. The minimum atomic E-state index is -0.406. The smallest absolute Gasteiger partial charge is 0.247 e. The van der Waals surface area contributed by atoms with Crippen molar-refractivity contribution in [1.29, 1.82) is 5.26 Å². The number of aryl methyl sites for hydroxylation is 2. The van der Waals surface area contributed by atoms with E-state index in [9.17, 15) is 10.1 Å². The second-order valence-electron chi connectivity index (χ2n) is 9.16. The van der Waals surface area contributed by atoms with E-state index in [1.54, 1.807) is 11.3 Å². The van der Waals surface area contributed by atoms with Gasteiger partial charge in [-0.05, 0) is 75.4 Å². The summed E-state index contributed by atoms with van der Waals surface area (Å²) in [5.41, 5.74) is 5.16. The molecule has 2 N–H and O–H groups in total. The summed E-state index contributed by atoms with van der Waals surface area (Å²) in [5, 5.41) is 16.8. The van der Waals surface area contributed by atoms with E-state index in [-0.39, 0.29) is 5.91 Å². The van der Waals surface area contributed by atoms with Gasteiger partial charge >= 0.3 is 0 Å². The predicted octanol–water partition coefficient (Wildman–Crippen LogP) is 4.78. The van der Waals surface area contributed by atoms with Crippen molar-refractivity contribution in [3.63, 3.8) is 0 Å². The van der Waals surface area contributed by atoms with Crippen molar-refractivity contribution in [3.05, 3.63) is 39.8 Å². The van der Waals surface area contributed by atoms with Crippen LogP contribution in [0.25, 0.3) is 0 Å². The standard InChI is InChI=1S/C26H35N5OS/c1-4-30-12-14-31(15-13-30)20-10-11-23(18(2)16-20)28-19(3)25(32)29-26-22(17-27)21-8-6-5-7-9-24(21)33-26/h10-11,16,19,28H,4-9,12-15H2,1-3H3,(H,29,32). The molecule has 1 amide bonds. The predicted molar refractivity (Wildman–Crippen MR) is 138 cm³/mol. The number of rotatable bonds is 6. The molecule has 176 valence electrons. The van der Waals surface area contributed by atoms with Gasteiger partial charge in [0.25, 0.3) is 0 Å². The third-order valence-corrected chi connectivity index (χ3v) is 8.14. The van der Waals surface area contributed by atoms with Gasteiger partial charge in [-0.3, -0.25) is 4.79 Å². The molecular formula is C26H35N5OS. The summed E-state index contributed by atoms with van der Waals surface area (Å²) in [6.07, 6.45) is 5.44. The number of benzene rings is 1. The fourth-order valence-electron chi connectivity index (χ4n) is 4.80. The topological polar surface area (TPSA) is 71.4 Å². The van der Waals surface area contributed by atoms with Crippen LogP contribution in [0.2, 0.25) is 0 Å². The number of carbonyl (C=O) groups excluding carboxylic acids is 1. The highest BCUT2D eigenvalue weighted by atomic mass is 32.1. The Kier molecular flexibility index (Phi) is 7.56. The fourth-order valence-corrected chi connectivity index (χ4v) is 6.04. The summed E-state index contributed by atoms with van der Waals surface area (Å²) in [6.45, 7) is 11.6. The number of piperazine rings is 1. The Morgan fingerprint density at radius 3 is 2.64 bits per heavy atom. The summed E-state index contributed by atoms with van der Waals surface area (Å²) in [5.74, 6) is -0.109. The summed E-state index contributed by atoms with van der Waals surface area (Å²) < 4.78 is 0. The van der Waals surface area contributed by atoms with Gasteiger partial charge in [-0.1, -0.05) is 13.3 Å². The normalized spacial score (nSPS) is 17.6. The highest BCUT2D eigenvalue weighted by Crippen LogP contribution is 2.37. The Labute approximate surface area is 201 Å². The number of carbonyl (C=O) groups is 1. The molecule has 33 heavy (non-hydrogen) atoms. The molecule has 2 aromatic rings. The molecule has 1 aliphatic heterocycles. The van der Waals surface area contributed by atoms with Crippen LogP contribution in [0.3, 0.4) is 0 Å². The molecule has 7 heteroatoms. The Hall–Kier alpha value is -2.56. The maximum atomic E-state index is 13.0. The fraction of sp³-hybridized carbons (Fsp3) is 0.538. The molecule has 1 fully saturated rings. The van der Waals surface area contributed by atoms with E-state index in [1.807, 2.05) is 6.92 Å². The van der Waals surface area contributed by atoms with Crippen molar-refractivity contribution in [2.45, 2.75) is 58.9 Å². The maximum absolute atomic E-state index is 13.0. The largest absolute Gasteiger partial charge is 0.374 e. The zero-order valence-corrected chi connectivity index (χ0v) is 20.9. The van der Waals surface area contributed by atoms with Gasteiger partial charge in [-0.2, -0.15) is 5.26 Å². The average molecular weight is 466 g/mol. The van der Waals surface area contributed by atoms with Crippen LogP contribution in [0.15, 0.2) is 18.2 Å². The van der Waals surface area contributed by atoms with E-state index in [0.717, 1.165) is 75.2 Å². The molecule has 2 aliphatic rings. The number of fused-ring (bicyclic) bond motifs is 1. The molecule has 1 atom stereocenters. The molecule has 0 spiro atoms. The van der Waals surface area contributed by atoms with E-state index in [0.29, 0.717) is 10.6 Å². The number of hydrogen-bond donors (Lipinski definition) is 2. The lowest BCUT2D eigenvalue weighted by Crippen LogP contribution is -2.46. The second kappa shape index (κ2) is 10.6. The summed E-state index contributed by atoms with van der Waals surface area (Å²) in [4.78, 5) is 19.1. The van der Waals surface area contributed by atoms with Gasteiger partial charge in [-0.15, -0.1) is 11.3 Å². The van der Waals surface area contributed by atoms with E-state index >= 15 is 0 Å². The lowest BCUT2D eigenvalue weighted by molar-refractivity contribution is -0.116. The van der Waals surface area contributed by atoms with E-state index in [2.05, 4.69) is 58.5 Å². The number of nitrogens with zero attached hydrogens (tertiary/aromatic N) is 3. The molecule has 1 saturated heterocycles. The minimum Gasteiger partial charge on any atom is -0.374 e. The number of anilines is 3. The molecule has 1 aliphatic carbocycles. The van der Waals surface area contributed by atoms with Crippen molar-refractivity contribution >= 4 is 33.6 Å². The first-order valence-electron chi connectivity index (χ1n) is 12.2. The van der Waals surface area contributed by atoms with E-state index in [1.165, 1.54) is 17.0 Å². The van der Waals surface area contributed by atoms with Crippen molar-refractivity contribution < 1.29 is 4.79 Å². The third-order valence-electron chi connectivity index (χ3n) is 6.93. The average Bonchev–Trinajstić information content (AvgIpc) is 2.98. The van der Waals surface area contributed by atoms with Gasteiger partial charge in [0.2, 0.25) is 5.91 Å². The molecule has 0 radical (unpaired) electrons. The van der Waals surface area contributed by atoms with Gasteiger partial charge in [0.1, 0.15) is 17.1 Å². The van der Waals surface area contributed by atoms with E-state index < -0.39 is 6.04 Å². The van der Waals surface area contributed by atoms with Crippen molar-refractivity contribution in [3.8, 4) is 6.07 Å². The first kappa shape index (κ1) is 23.6. The Bertz CT molecular complexity index is 1030. The van der Waals surface area contributed by atoms with Gasteiger partial charge in [-0.25, -0.2) is 0 Å². The number of hydrogen-bond acceptors (Lipinski definition) is 6. The highest BCUT2D eigenvalue weighted by molar-refractivity contribution is 7.16. The van der Waals surface area contributed by atoms with E-state index in [4.69, 9.17) is 0 Å². The third kappa shape index (κ3) is 5.34. The second-order valence-corrected chi connectivity index (χ2v) is 10.3. The monoisotopic (exact) mass is 465 g/mol. The van der Waals surface area contributed by atoms with Crippen LogP contribution in [-0.2, 0) is 17.6 Å². The molecule has 1 unspecified atom stereocenters. The van der Waals surface area contributed by atoms with Crippen LogP contribution in [0, 0.1) is 18.3 Å². The number of thiophene rings is 1. The van der Waals surface area contributed by atoms with Gasteiger partial charge in [0.15, 0.2) is 0 Å². The highest BCUT2D eigenvalue weighted by Gasteiger charge is 2.23. The Morgan fingerprint density at radius 2 is 1.94 bits per heavy atom. The first-order valence-corrected chi connectivity index (χ1v) is 13.0. The zero-order chi connectivity index (χ0) is 23.4. The SMILES string of the molecule is CCN1CCN(c2ccc(NC(C)C(=O)Nc3sc4c(c3C#N)CCCCC4)c(C)c2)CC1. The Balaban J connectivity index is 1.40. The number of amides is 1. The number of likely N-dealkylation sites (N-methyl/N-ethyl adjacent to an activating group) is 1. The van der Waals surface area contributed by atoms with Crippen LogP contribution in [0.1, 0.15) is 54.7 Å². The van der Waals surface area contributed by atoms with Crippen LogP contribution in [0.4, 0.5) is 16.4 Å². The van der Waals surface area contributed by atoms with Gasteiger partial charge in [0.05, 0.1) is 5.56 Å². The molecule has 1 aromatic heterocycles. The Morgan fingerprint density at radius 1 is 1.18 bits per heavy atom. The molecular weight excluding hydrogens is 430 g/mol. The van der Waals surface area contributed by atoms with Crippen LogP contribution >= 0.6 is 11.3 Å². The summed E-state index contributed by atoms with van der Waals surface area (Å²) >= 11 is 1.58. The first-order chi connectivity index (χ1) is 16.0. The molecule has 1 aromatic carbocycles. The summed E-state index contributed by atoms with van der Waals surface area (Å²) in [7, 11) is 0. The molecule has 4 rings (SSSR count). The number of nitrogens with one attached hydrogen (secondary N) is 2. The molecule has 0 saturated carbocycles. The summed E-state index contributed by atoms with van der Waals surface area (Å²) in [6, 6.07) is 8.37. The number of nitriles is 1. The van der Waals surface area contributed by atoms with Crippen LogP contribution in [-0.4, -0.2) is 49.6 Å². The lowest BCUT2D eigenvalue weighted by Gasteiger charge is -2.35. The quantitative estimate of drug-likeness (QED) is 0.601. The van der Waals surface area contributed by atoms with Crippen LogP contribution < -0.4 is 15.5 Å².